The first-order valence-corrected chi connectivity index (χ1v) is 3.92. The number of aliphatic hydroxyl groups excluding tert-OH is 1. The van der Waals surface area contributed by atoms with Gasteiger partial charge in [0, 0.05) is 5.39 Å². The maximum Gasteiger partial charge on any atom is 0.161 e. The van der Waals surface area contributed by atoms with Crippen molar-refractivity contribution >= 4 is 16.9 Å². The van der Waals surface area contributed by atoms with Crippen LogP contribution in [0.1, 0.15) is 5.69 Å². The fraction of sp³-hybridized carbons (Fsp3) is 0.111. The minimum atomic E-state index is -0.0770. The Morgan fingerprint density at radius 3 is 2.69 bits per heavy atom. The number of aliphatic hydroxyl groups is 1. The molecular weight excluding hydrogens is 166 g/mol. The molecule has 4 nitrogen and oxygen atoms in total. The molecule has 2 heterocycles. The van der Waals surface area contributed by atoms with Gasteiger partial charge in [0.15, 0.2) is 5.65 Å². The highest BCUT2D eigenvalue weighted by Gasteiger charge is 1.98. The van der Waals surface area contributed by atoms with Gasteiger partial charge in [0.25, 0.3) is 0 Å². The number of nitrogen functional groups attached to an aromatic ring is 1. The second kappa shape index (κ2) is 2.99. The van der Waals surface area contributed by atoms with Crippen molar-refractivity contribution in [3.05, 3.63) is 30.0 Å². The second-order valence-corrected chi connectivity index (χ2v) is 2.74. The first-order chi connectivity index (χ1) is 6.29. The van der Waals surface area contributed by atoms with Crippen LogP contribution >= 0.6 is 0 Å². The van der Waals surface area contributed by atoms with Gasteiger partial charge in [-0.1, -0.05) is 0 Å². The van der Waals surface area contributed by atoms with Gasteiger partial charge in [-0.05, 0) is 24.3 Å². The predicted octanol–water partition coefficient (Wildman–Crippen LogP) is 0.704. The maximum atomic E-state index is 8.84. The van der Waals surface area contributed by atoms with Crippen molar-refractivity contribution in [2.24, 2.45) is 0 Å². The van der Waals surface area contributed by atoms with Gasteiger partial charge >= 0.3 is 0 Å². The molecule has 0 unspecified atom stereocenters. The maximum absolute atomic E-state index is 8.84. The van der Waals surface area contributed by atoms with Crippen molar-refractivity contribution in [2.45, 2.75) is 6.61 Å². The van der Waals surface area contributed by atoms with Crippen LogP contribution in [0.25, 0.3) is 11.0 Å². The molecule has 0 radical (unpaired) electrons. The summed E-state index contributed by atoms with van der Waals surface area (Å²) in [6, 6.07) is 7.20. The van der Waals surface area contributed by atoms with Crippen molar-refractivity contribution in [3.8, 4) is 0 Å². The van der Waals surface area contributed by atoms with Crippen molar-refractivity contribution in [2.75, 3.05) is 5.73 Å². The Morgan fingerprint density at radius 2 is 1.92 bits per heavy atom. The molecule has 66 valence electrons. The molecule has 13 heavy (non-hydrogen) atoms. The molecular formula is C9H9N3O. The number of hydrogen-bond donors (Lipinski definition) is 2. The largest absolute Gasteiger partial charge is 0.390 e. The minimum Gasteiger partial charge on any atom is -0.390 e. The van der Waals surface area contributed by atoms with Gasteiger partial charge in [-0.3, -0.25) is 0 Å². The zero-order valence-electron chi connectivity index (χ0n) is 6.94. The van der Waals surface area contributed by atoms with E-state index in [4.69, 9.17) is 10.8 Å². The number of nitrogens with zero attached hydrogens (tertiary/aromatic N) is 2. The van der Waals surface area contributed by atoms with E-state index in [9.17, 15) is 0 Å². The zero-order chi connectivity index (χ0) is 9.26. The molecule has 0 saturated heterocycles. The molecule has 3 N–H and O–H groups in total. The Labute approximate surface area is 75.1 Å². The van der Waals surface area contributed by atoms with Crippen LogP contribution in [-0.4, -0.2) is 15.1 Å². The van der Waals surface area contributed by atoms with Gasteiger partial charge in [-0.15, -0.1) is 0 Å². The van der Waals surface area contributed by atoms with E-state index >= 15 is 0 Å². The molecule has 0 aliphatic heterocycles. The van der Waals surface area contributed by atoms with Gasteiger partial charge in [-0.2, -0.15) is 0 Å². The number of pyridine rings is 2. The standard InChI is InChI=1S/C9H9N3O/c10-8-4-2-6-1-3-7(5-13)11-9(6)12-8/h1-4,13H,5H2,(H2,10,11,12). The number of rotatable bonds is 1. The second-order valence-electron chi connectivity index (χ2n) is 2.74. The van der Waals surface area contributed by atoms with E-state index in [-0.39, 0.29) is 6.61 Å². The summed E-state index contributed by atoms with van der Waals surface area (Å²) in [5, 5.41) is 9.77. The summed E-state index contributed by atoms with van der Waals surface area (Å²) in [6.07, 6.45) is 0. The predicted molar refractivity (Wildman–Crippen MR) is 49.9 cm³/mol. The first-order valence-electron chi connectivity index (χ1n) is 3.92. The molecule has 2 aromatic rings. The number of nitrogens with two attached hydrogens (primary N) is 1. The fourth-order valence-electron chi connectivity index (χ4n) is 1.14. The molecule has 2 rings (SSSR count). The Kier molecular flexibility index (Phi) is 1.83. The third kappa shape index (κ3) is 1.43. The van der Waals surface area contributed by atoms with E-state index in [1.165, 1.54) is 0 Å². The van der Waals surface area contributed by atoms with E-state index in [0.717, 1.165) is 5.39 Å². The van der Waals surface area contributed by atoms with Gasteiger partial charge in [-0.25, -0.2) is 9.97 Å². The van der Waals surface area contributed by atoms with Gasteiger partial charge in [0.05, 0.1) is 12.3 Å². The van der Waals surface area contributed by atoms with E-state index in [1.807, 2.05) is 12.1 Å². The van der Waals surface area contributed by atoms with Crippen LogP contribution in [0.4, 0.5) is 5.82 Å². The Balaban J connectivity index is 2.68. The van der Waals surface area contributed by atoms with Crippen LogP contribution < -0.4 is 5.73 Å². The highest BCUT2D eigenvalue weighted by Crippen LogP contribution is 2.11. The van der Waals surface area contributed by atoms with Gasteiger partial charge < -0.3 is 10.8 Å². The summed E-state index contributed by atoms with van der Waals surface area (Å²) in [5.41, 5.74) is 6.68. The molecule has 0 amide bonds. The van der Waals surface area contributed by atoms with E-state index in [1.54, 1.807) is 12.1 Å². The number of hydrogen-bond acceptors (Lipinski definition) is 4. The van der Waals surface area contributed by atoms with Crippen LogP contribution in [0.5, 0.6) is 0 Å². The first kappa shape index (κ1) is 7.94. The average Bonchev–Trinajstić information content (AvgIpc) is 2.16. The smallest absolute Gasteiger partial charge is 0.161 e. The average molecular weight is 175 g/mol. The Morgan fingerprint density at radius 1 is 1.15 bits per heavy atom. The molecule has 0 saturated carbocycles. The molecule has 0 bridgehead atoms. The monoisotopic (exact) mass is 175 g/mol. The quantitative estimate of drug-likeness (QED) is 0.669. The molecule has 0 aliphatic rings. The Bertz CT molecular complexity index is 442. The third-order valence-electron chi connectivity index (χ3n) is 1.79. The minimum absolute atomic E-state index is 0.0770. The fourth-order valence-corrected chi connectivity index (χ4v) is 1.14. The highest BCUT2D eigenvalue weighted by molar-refractivity contribution is 5.76. The van der Waals surface area contributed by atoms with Crippen LogP contribution in [0, 0.1) is 0 Å². The molecule has 4 heteroatoms. The zero-order valence-corrected chi connectivity index (χ0v) is 6.94. The summed E-state index contributed by atoms with van der Waals surface area (Å²) >= 11 is 0. The van der Waals surface area contributed by atoms with Crippen LogP contribution in [0.3, 0.4) is 0 Å². The summed E-state index contributed by atoms with van der Waals surface area (Å²) in [6.45, 7) is -0.0770. The van der Waals surface area contributed by atoms with Gasteiger partial charge in [0.2, 0.25) is 0 Å². The highest BCUT2D eigenvalue weighted by atomic mass is 16.3. The summed E-state index contributed by atoms with van der Waals surface area (Å²) in [5.74, 6) is 0.440. The number of aromatic nitrogens is 2. The lowest BCUT2D eigenvalue weighted by Gasteiger charge is -1.99. The van der Waals surface area contributed by atoms with E-state index < -0.39 is 0 Å². The van der Waals surface area contributed by atoms with E-state index in [2.05, 4.69) is 9.97 Å². The molecule has 0 fully saturated rings. The van der Waals surface area contributed by atoms with E-state index in [0.29, 0.717) is 17.2 Å². The SMILES string of the molecule is Nc1ccc2ccc(CO)nc2n1. The van der Waals surface area contributed by atoms with Crippen molar-refractivity contribution in [1.82, 2.24) is 9.97 Å². The van der Waals surface area contributed by atoms with Crippen LogP contribution in [0.2, 0.25) is 0 Å². The summed E-state index contributed by atoms with van der Waals surface area (Å²) in [7, 11) is 0. The van der Waals surface area contributed by atoms with Crippen LogP contribution in [-0.2, 0) is 6.61 Å². The number of anilines is 1. The normalized spacial score (nSPS) is 10.5. The molecule has 0 aromatic carbocycles. The lowest BCUT2D eigenvalue weighted by Crippen LogP contribution is -1.94. The van der Waals surface area contributed by atoms with Crippen molar-refractivity contribution in [1.29, 1.82) is 0 Å². The summed E-state index contributed by atoms with van der Waals surface area (Å²) in [4.78, 5) is 8.15. The molecule has 0 atom stereocenters. The van der Waals surface area contributed by atoms with Crippen molar-refractivity contribution < 1.29 is 5.11 Å². The lowest BCUT2D eigenvalue weighted by molar-refractivity contribution is 0.277. The molecule has 0 aliphatic carbocycles. The van der Waals surface area contributed by atoms with Gasteiger partial charge in [0.1, 0.15) is 5.82 Å². The third-order valence-corrected chi connectivity index (χ3v) is 1.79. The topological polar surface area (TPSA) is 72.0 Å². The molecule has 0 spiro atoms. The summed E-state index contributed by atoms with van der Waals surface area (Å²) < 4.78 is 0. The number of fused-ring (bicyclic) bond motifs is 1. The van der Waals surface area contributed by atoms with Crippen LogP contribution in [0.15, 0.2) is 24.3 Å². The lowest BCUT2D eigenvalue weighted by atomic mass is 10.2. The Hall–Kier alpha value is -1.68. The molecule has 2 aromatic heterocycles. The van der Waals surface area contributed by atoms with Crippen molar-refractivity contribution in [3.63, 3.8) is 0 Å².